The Hall–Kier alpha value is -4.40. The second-order valence-corrected chi connectivity index (χ2v) is 21.6. The Labute approximate surface area is 437 Å². The van der Waals surface area contributed by atoms with Crippen molar-refractivity contribution in [3.05, 3.63) is 137 Å². The normalized spacial score (nSPS) is 11.1. The molecule has 6 aromatic heterocycles. The smallest absolute Gasteiger partial charge is 0.374 e. The van der Waals surface area contributed by atoms with Crippen molar-refractivity contribution in [2.45, 2.75) is 132 Å². The van der Waals surface area contributed by atoms with Crippen molar-refractivity contribution in [2.75, 3.05) is 13.2 Å². The van der Waals surface area contributed by atoms with Crippen LogP contribution in [0.3, 0.4) is 0 Å². The van der Waals surface area contributed by atoms with Crippen LogP contribution in [-0.4, -0.2) is 52.7 Å². The molecule has 0 radical (unpaired) electrons. The van der Waals surface area contributed by atoms with Crippen LogP contribution in [0.15, 0.2) is 106 Å². The number of ether oxygens (including phenoxy) is 2. The topological polar surface area (TPSA) is 226 Å². The molecular formula is C50H64Br4O15. The summed E-state index contributed by atoms with van der Waals surface area (Å²) in [5, 5.41) is 25.8. The molecule has 6 rings (SSSR count). The first-order valence-electron chi connectivity index (χ1n) is 21.3. The van der Waals surface area contributed by atoms with Gasteiger partial charge in [-0.3, -0.25) is 4.79 Å². The lowest BCUT2D eigenvalue weighted by Crippen LogP contribution is -2.10. The van der Waals surface area contributed by atoms with E-state index in [0.717, 1.165) is 33.2 Å². The first kappa shape index (κ1) is 62.6. The first-order chi connectivity index (χ1) is 31.8. The third kappa shape index (κ3) is 22.5. The second kappa shape index (κ2) is 28.4. The molecular weight excluding hydrogens is 1160 g/mol. The number of hydrogen-bond donors (Lipinski definition) is 3. The molecule has 0 fully saturated rings. The number of carboxylic acid groups (broad SMARTS) is 1. The molecule has 0 atom stereocenters. The highest BCUT2D eigenvalue weighted by Gasteiger charge is 2.25. The molecule has 0 amide bonds. The van der Waals surface area contributed by atoms with Gasteiger partial charge in [0.05, 0.1) is 25.7 Å². The van der Waals surface area contributed by atoms with Gasteiger partial charge in [0.25, 0.3) is 0 Å². The molecule has 0 saturated carbocycles. The first-order valence-corrected chi connectivity index (χ1v) is 24.5. The molecule has 6 heterocycles. The van der Waals surface area contributed by atoms with Crippen molar-refractivity contribution < 1.29 is 70.5 Å². The number of aldehydes is 1. The maximum absolute atomic E-state index is 11.4. The fraction of sp³-hybridized carbons (Fsp3) is 0.440. The van der Waals surface area contributed by atoms with Gasteiger partial charge < -0.3 is 51.3 Å². The molecule has 6 aromatic rings. The predicted molar refractivity (Wildman–Crippen MR) is 274 cm³/mol. The molecule has 19 heteroatoms. The van der Waals surface area contributed by atoms with Gasteiger partial charge in [0.15, 0.2) is 30.7 Å². The van der Waals surface area contributed by atoms with Crippen LogP contribution in [0.25, 0.3) is 0 Å². The van der Waals surface area contributed by atoms with Crippen LogP contribution in [0.2, 0.25) is 0 Å². The Bertz CT molecular complexity index is 2480. The summed E-state index contributed by atoms with van der Waals surface area (Å²) in [6, 6.07) is 13.4. The molecule has 382 valence electrons. The van der Waals surface area contributed by atoms with Crippen LogP contribution >= 0.6 is 63.7 Å². The molecule has 0 spiro atoms. The summed E-state index contributed by atoms with van der Waals surface area (Å²) in [6.07, 6.45) is 4.05. The zero-order valence-corrected chi connectivity index (χ0v) is 47.8. The van der Waals surface area contributed by atoms with Crippen LogP contribution in [0.1, 0.15) is 173 Å². The minimum absolute atomic E-state index is 0.0178. The summed E-state index contributed by atoms with van der Waals surface area (Å²) in [7, 11) is 0. The Kier molecular flexibility index (Phi) is 25.8. The molecule has 0 unspecified atom stereocenters. The van der Waals surface area contributed by atoms with Crippen LogP contribution in [-0.2, 0) is 44.3 Å². The minimum atomic E-state index is -1.05. The van der Waals surface area contributed by atoms with Crippen molar-refractivity contribution in [2.24, 2.45) is 0 Å². The monoisotopic (exact) mass is 1220 g/mol. The predicted octanol–water partition coefficient (Wildman–Crippen LogP) is 14.8. The van der Waals surface area contributed by atoms with Gasteiger partial charge in [0, 0.05) is 11.1 Å². The molecule has 0 aliphatic rings. The van der Waals surface area contributed by atoms with Gasteiger partial charge >= 0.3 is 17.9 Å². The van der Waals surface area contributed by atoms with E-state index >= 15 is 0 Å². The summed E-state index contributed by atoms with van der Waals surface area (Å²) < 4.78 is 42.0. The van der Waals surface area contributed by atoms with Gasteiger partial charge in [-0.15, -0.1) is 0 Å². The minimum Gasteiger partial charge on any atom is -0.475 e. The van der Waals surface area contributed by atoms with Gasteiger partial charge in [0.2, 0.25) is 17.3 Å². The van der Waals surface area contributed by atoms with Gasteiger partial charge in [-0.25, -0.2) is 14.4 Å². The van der Waals surface area contributed by atoms with Crippen LogP contribution < -0.4 is 0 Å². The Morgan fingerprint density at radius 1 is 0.551 bits per heavy atom. The summed E-state index contributed by atoms with van der Waals surface area (Å²) in [5.41, 5.74) is 4.39. The van der Waals surface area contributed by atoms with Crippen LogP contribution in [0.4, 0.5) is 0 Å². The van der Waals surface area contributed by atoms with E-state index in [1.807, 2.05) is 12.1 Å². The van der Waals surface area contributed by atoms with E-state index in [2.05, 4.69) is 156 Å². The van der Waals surface area contributed by atoms with Crippen LogP contribution in [0.5, 0.6) is 0 Å². The molecule has 0 aromatic carbocycles. The number of esters is 2. The average Bonchev–Trinajstić information content (AvgIpc) is 4.10. The highest BCUT2D eigenvalue weighted by atomic mass is 79.9. The van der Waals surface area contributed by atoms with E-state index in [4.69, 9.17) is 42.1 Å². The Morgan fingerprint density at radius 3 is 1.28 bits per heavy atom. The third-order valence-electron chi connectivity index (χ3n) is 8.78. The third-order valence-corrected chi connectivity index (χ3v) is 10.8. The van der Waals surface area contributed by atoms with E-state index in [1.54, 1.807) is 50.6 Å². The quantitative estimate of drug-likeness (QED) is 0.0951. The van der Waals surface area contributed by atoms with Gasteiger partial charge in [-0.1, -0.05) is 83.1 Å². The zero-order chi connectivity index (χ0) is 53.1. The second-order valence-electron chi connectivity index (χ2n) is 18.6. The highest BCUT2D eigenvalue weighted by molar-refractivity contribution is 9.11. The molecule has 0 saturated heterocycles. The highest BCUT2D eigenvalue weighted by Crippen LogP contribution is 2.34. The number of carbonyl (C=O) groups is 4. The number of aromatic carboxylic acids is 1. The number of furan rings is 6. The zero-order valence-electron chi connectivity index (χ0n) is 41.4. The summed E-state index contributed by atoms with van der Waals surface area (Å²) in [5.74, 6) is 0.138. The number of aliphatic hydroxyl groups is 2. The van der Waals surface area contributed by atoms with Crippen molar-refractivity contribution in [1.82, 2.24) is 0 Å². The van der Waals surface area contributed by atoms with Gasteiger partial charge in [-0.2, -0.15) is 0 Å². The van der Waals surface area contributed by atoms with Crippen molar-refractivity contribution in [3.63, 3.8) is 0 Å². The fourth-order valence-corrected chi connectivity index (χ4v) is 7.32. The molecule has 0 aliphatic heterocycles. The van der Waals surface area contributed by atoms with Crippen molar-refractivity contribution in [1.29, 1.82) is 0 Å². The van der Waals surface area contributed by atoms with Gasteiger partial charge in [0.1, 0.15) is 24.7 Å². The van der Waals surface area contributed by atoms with E-state index in [-0.39, 0.29) is 52.2 Å². The number of carboxylic acids is 1. The standard InChI is InChI=1S/C11H15BrO3.C9H13BrO2.C9H14O2.C9H12O2.C7H7BrO3.C5H3BrO3/c1-5-14-10(13)8-6-7(9(12)15-8)11(2,3)4;1-9(2,3)7-4-6(5-11)12-8(7)10;2*1-9(2,3)7-4-8(5-10)11-6-7;1-2-10-7(9)5-3-4-6(8)11-5;6-4-2-1-3(9-4)5(7)8/h6H,5H2,1-4H3;4,11H,5H2,1-3H3;4,6,10H,5H2,1-3H3;4-6H,1-3H3;3-4H,2H2,1H3;1-2H,(H,7,8). The van der Waals surface area contributed by atoms with E-state index in [0.29, 0.717) is 44.5 Å². The number of hydrogen-bond acceptors (Lipinski definition) is 14. The molecule has 69 heavy (non-hydrogen) atoms. The molecule has 0 aliphatic carbocycles. The number of rotatable bonds is 8. The lowest BCUT2D eigenvalue weighted by Gasteiger charge is -2.15. The van der Waals surface area contributed by atoms with Crippen LogP contribution in [0, 0.1) is 0 Å². The Morgan fingerprint density at radius 2 is 0.986 bits per heavy atom. The summed E-state index contributed by atoms with van der Waals surface area (Å²) >= 11 is 12.7. The molecule has 15 nitrogen and oxygen atoms in total. The average molecular weight is 1220 g/mol. The van der Waals surface area contributed by atoms with E-state index in [1.165, 1.54) is 12.1 Å². The van der Waals surface area contributed by atoms with Gasteiger partial charge in [-0.05, 0) is 159 Å². The fourth-order valence-electron chi connectivity index (χ4n) is 4.91. The van der Waals surface area contributed by atoms with Crippen molar-refractivity contribution >= 4 is 87.9 Å². The number of aliphatic hydroxyl groups excluding tert-OH is 2. The number of carbonyl (C=O) groups excluding carboxylic acids is 3. The van der Waals surface area contributed by atoms with E-state index in [9.17, 15) is 19.2 Å². The van der Waals surface area contributed by atoms with Crippen molar-refractivity contribution in [3.8, 4) is 0 Å². The van der Waals surface area contributed by atoms with E-state index < -0.39 is 17.9 Å². The molecule has 0 bridgehead atoms. The summed E-state index contributed by atoms with van der Waals surface area (Å²) in [4.78, 5) is 42.7. The summed E-state index contributed by atoms with van der Waals surface area (Å²) in [6.45, 7) is 29.2. The maximum Gasteiger partial charge on any atom is 0.374 e. The molecule has 3 N–H and O–H groups in total. The lowest BCUT2D eigenvalue weighted by molar-refractivity contribution is 0.0480. The number of halogens is 4. The SMILES string of the molecule is CC(C)(C)c1cc(CO)oc1Br.CC(C)(C)c1coc(C=O)c1.CC(C)(C)c1coc(CO)c1.CCOC(=O)c1cc(C(C)(C)C)c(Br)o1.CCOC(=O)c1ccc(Br)o1.O=C(O)c1ccc(Br)o1. The maximum atomic E-state index is 11.4. The largest absolute Gasteiger partial charge is 0.475 e. The Balaban J connectivity index is 0.000000417. The lowest BCUT2D eigenvalue weighted by atomic mass is 9.89.